The number of hydrogen-bond donors (Lipinski definition) is 1. The van der Waals surface area contributed by atoms with Gasteiger partial charge in [0, 0.05) is 30.1 Å². The van der Waals surface area contributed by atoms with Gasteiger partial charge in [-0.2, -0.15) is 0 Å². The maximum Gasteiger partial charge on any atom is 0.0331 e. The highest BCUT2D eigenvalue weighted by Crippen LogP contribution is 2.19. The lowest BCUT2D eigenvalue weighted by Crippen LogP contribution is -2.40. The number of rotatable bonds is 4. The zero-order valence-electron chi connectivity index (χ0n) is 11.9. The molecule has 1 aliphatic rings. The molecule has 1 saturated heterocycles. The topological polar surface area (TPSA) is 15.3 Å². The Labute approximate surface area is 115 Å². The Bertz CT molecular complexity index is 334. The lowest BCUT2D eigenvalue weighted by molar-refractivity contribution is 0.191. The zero-order valence-corrected chi connectivity index (χ0v) is 12.7. The molecule has 2 nitrogen and oxygen atoms in total. The van der Waals surface area contributed by atoms with Crippen molar-refractivity contribution in [1.29, 1.82) is 0 Å². The van der Waals surface area contributed by atoms with Crippen molar-refractivity contribution in [2.75, 3.05) is 13.1 Å². The molecule has 102 valence electrons. The van der Waals surface area contributed by atoms with Gasteiger partial charge in [-0.1, -0.05) is 19.9 Å². The fraction of sp³-hybridized carbons (Fsp3) is 0.733. The summed E-state index contributed by atoms with van der Waals surface area (Å²) in [6.07, 6.45) is 2.55. The maximum absolute atomic E-state index is 3.71. The summed E-state index contributed by atoms with van der Waals surface area (Å²) in [6.45, 7) is 10.5. The lowest BCUT2D eigenvalue weighted by Gasteiger charge is -2.29. The summed E-state index contributed by atoms with van der Waals surface area (Å²) >= 11 is 1.88. The number of thiophene rings is 1. The van der Waals surface area contributed by atoms with E-state index in [1.54, 1.807) is 0 Å². The molecule has 2 unspecified atom stereocenters. The smallest absolute Gasteiger partial charge is 0.0331 e. The Morgan fingerprint density at radius 2 is 2.33 bits per heavy atom. The molecule has 2 heterocycles. The molecule has 1 aromatic heterocycles. The second-order valence-corrected chi connectivity index (χ2v) is 6.96. The molecule has 0 radical (unpaired) electrons. The molecule has 1 N–H and O–H groups in total. The van der Waals surface area contributed by atoms with E-state index in [2.05, 4.69) is 48.5 Å². The van der Waals surface area contributed by atoms with Crippen molar-refractivity contribution in [3.8, 4) is 0 Å². The number of nitrogens with zero attached hydrogens (tertiary/aromatic N) is 1. The highest BCUT2D eigenvalue weighted by molar-refractivity contribution is 7.09. The summed E-state index contributed by atoms with van der Waals surface area (Å²) in [4.78, 5) is 4.14. The normalized spacial score (nSPS) is 26.4. The highest BCUT2D eigenvalue weighted by atomic mass is 32.1. The summed E-state index contributed by atoms with van der Waals surface area (Å²) in [7, 11) is 0. The molecule has 1 aliphatic heterocycles. The fourth-order valence-corrected chi connectivity index (χ4v) is 3.49. The van der Waals surface area contributed by atoms with Gasteiger partial charge in [0.15, 0.2) is 0 Å². The molecule has 18 heavy (non-hydrogen) atoms. The van der Waals surface area contributed by atoms with Crippen LogP contribution in [0.2, 0.25) is 0 Å². The average Bonchev–Trinajstić information content (AvgIpc) is 2.73. The van der Waals surface area contributed by atoms with Crippen LogP contribution in [0.1, 0.15) is 38.5 Å². The van der Waals surface area contributed by atoms with Crippen molar-refractivity contribution in [3.63, 3.8) is 0 Å². The monoisotopic (exact) mass is 266 g/mol. The first-order valence-electron chi connectivity index (χ1n) is 7.15. The van der Waals surface area contributed by atoms with E-state index in [9.17, 15) is 0 Å². The zero-order chi connectivity index (χ0) is 13.0. The minimum absolute atomic E-state index is 0.662. The third-order valence-electron chi connectivity index (χ3n) is 3.77. The Morgan fingerprint density at radius 3 is 3.00 bits per heavy atom. The van der Waals surface area contributed by atoms with Crippen molar-refractivity contribution in [1.82, 2.24) is 10.2 Å². The van der Waals surface area contributed by atoms with Crippen LogP contribution < -0.4 is 5.32 Å². The molecule has 3 heteroatoms. The van der Waals surface area contributed by atoms with Crippen molar-refractivity contribution < 1.29 is 0 Å². The minimum atomic E-state index is 0.662. The molecular formula is C15H26N2S. The summed E-state index contributed by atoms with van der Waals surface area (Å²) in [6, 6.07) is 5.77. The van der Waals surface area contributed by atoms with Gasteiger partial charge in [-0.15, -0.1) is 11.3 Å². The second-order valence-electron chi connectivity index (χ2n) is 5.93. The van der Waals surface area contributed by atoms with Crippen LogP contribution >= 0.6 is 11.3 Å². The lowest BCUT2D eigenvalue weighted by atomic mass is 10.0. The molecule has 0 saturated carbocycles. The van der Waals surface area contributed by atoms with Crippen molar-refractivity contribution in [2.45, 2.75) is 52.2 Å². The van der Waals surface area contributed by atoms with Crippen molar-refractivity contribution in [2.24, 2.45) is 5.92 Å². The largest absolute Gasteiger partial charge is 0.313 e. The SMILES string of the molecule is CC(C)CC1CN(Cc2cccs2)C(C)CCN1. The van der Waals surface area contributed by atoms with Crippen LogP contribution in [-0.2, 0) is 6.54 Å². The van der Waals surface area contributed by atoms with Crippen LogP contribution in [0.5, 0.6) is 0 Å². The average molecular weight is 266 g/mol. The van der Waals surface area contributed by atoms with Gasteiger partial charge in [0.2, 0.25) is 0 Å². The van der Waals surface area contributed by atoms with E-state index in [0.717, 1.165) is 12.5 Å². The molecule has 0 spiro atoms. The predicted molar refractivity (Wildman–Crippen MR) is 80.1 cm³/mol. The standard InChI is InChI=1S/C15H26N2S/c1-12(2)9-14-10-17(13(3)6-7-16-14)11-15-5-4-8-18-15/h4-5,8,12-14,16H,6-7,9-11H2,1-3H3. The van der Waals surface area contributed by atoms with Gasteiger partial charge in [0.25, 0.3) is 0 Å². The molecule has 0 aromatic carbocycles. The van der Waals surface area contributed by atoms with Gasteiger partial charge >= 0.3 is 0 Å². The van der Waals surface area contributed by atoms with Gasteiger partial charge < -0.3 is 5.32 Å². The maximum atomic E-state index is 3.71. The quantitative estimate of drug-likeness (QED) is 0.899. The number of hydrogen-bond acceptors (Lipinski definition) is 3. The first-order valence-corrected chi connectivity index (χ1v) is 8.03. The van der Waals surface area contributed by atoms with E-state index in [1.807, 2.05) is 11.3 Å². The summed E-state index contributed by atoms with van der Waals surface area (Å²) in [5.41, 5.74) is 0. The van der Waals surface area contributed by atoms with Crippen molar-refractivity contribution >= 4 is 11.3 Å². The number of nitrogens with one attached hydrogen (secondary N) is 1. The Kier molecular flexibility index (Phi) is 5.22. The third kappa shape index (κ3) is 4.08. The van der Waals surface area contributed by atoms with Gasteiger partial charge in [-0.25, -0.2) is 0 Å². The highest BCUT2D eigenvalue weighted by Gasteiger charge is 2.23. The van der Waals surface area contributed by atoms with Crippen LogP contribution in [0.3, 0.4) is 0 Å². The summed E-state index contributed by atoms with van der Waals surface area (Å²) in [5, 5.41) is 5.90. The molecule has 0 aliphatic carbocycles. The third-order valence-corrected chi connectivity index (χ3v) is 4.63. The van der Waals surface area contributed by atoms with Crippen LogP contribution in [0.4, 0.5) is 0 Å². The molecular weight excluding hydrogens is 240 g/mol. The fourth-order valence-electron chi connectivity index (χ4n) is 2.76. The summed E-state index contributed by atoms with van der Waals surface area (Å²) < 4.78 is 0. The first kappa shape index (κ1) is 14.0. The van der Waals surface area contributed by atoms with Gasteiger partial charge in [-0.05, 0) is 43.7 Å². The predicted octanol–water partition coefficient (Wildman–Crippen LogP) is 3.35. The van der Waals surface area contributed by atoms with E-state index >= 15 is 0 Å². The van der Waals surface area contributed by atoms with Crippen LogP contribution in [-0.4, -0.2) is 30.1 Å². The molecule has 2 atom stereocenters. The molecule has 1 fully saturated rings. The second kappa shape index (κ2) is 6.69. The van der Waals surface area contributed by atoms with Crippen LogP contribution in [0, 0.1) is 5.92 Å². The van der Waals surface area contributed by atoms with E-state index in [1.165, 1.54) is 30.8 Å². The summed E-state index contributed by atoms with van der Waals surface area (Å²) in [5.74, 6) is 0.777. The molecule has 1 aromatic rings. The Morgan fingerprint density at radius 1 is 1.50 bits per heavy atom. The first-order chi connectivity index (χ1) is 8.65. The molecule has 0 bridgehead atoms. The van der Waals surface area contributed by atoms with Gasteiger partial charge in [0.05, 0.1) is 0 Å². The Balaban J connectivity index is 1.96. The van der Waals surface area contributed by atoms with Crippen LogP contribution in [0.25, 0.3) is 0 Å². The minimum Gasteiger partial charge on any atom is -0.313 e. The molecule has 2 rings (SSSR count). The van der Waals surface area contributed by atoms with E-state index in [4.69, 9.17) is 0 Å². The van der Waals surface area contributed by atoms with Crippen LogP contribution in [0.15, 0.2) is 17.5 Å². The van der Waals surface area contributed by atoms with Gasteiger partial charge in [-0.3, -0.25) is 4.90 Å². The molecule has 0 amide bonds. The van der Waals surface area contributed by atoms with E-state index < -0.39 is 0 Å². The van der Waals surface area contributed by atoms with E-state index in [-0.39, 0.29) is 0 Å². The van der Waals surface area contributed by atoms with Gasteiger partial charge in [0.1, 0.15) is 0 Å². The van der Waals surface area contributed by atoms with Crippen molar-refractivity contribution in [3.05, 3.63) is 22.4 Å². The Hall–Kier alpha value is -0.380. The van der Waals surface area contributed by atoms with E-state index in [0.29, 0.717) is 12.1 Å².